The number of nitrogens with zero attached hydrogens (tertiary/aromatic N) is 4. The number of thiophene rings is 1. The minimum absolute atomic E-state index is 0.219. The predicted molar refractivity (Wildman–Crippen MR) is 98.3 cm³/mol. The van der Waals surface area contributed by atoms with Gasteiger partial charge < -0.3 is 14.7 Å². The molecule has 24 heavy (non-hydrogen) atoms. The van der Waals surface area contributed by atoms with Crippen molar-refractivity contribution in [2.45, 2.75) is 6.54 Å². The molecule has 0 radical (unpaired) electrons. The Morgan fingerprint density at radius 2 is 1.96 bits per heavy atom. The van der Waals surface area contributed by atoms with Gasteiger partial charge in [-0.3, -0.25) is 4.79 Å². The molecule has 0 saturated carbocycles. The molecular formula is C16H21BrN5OS+. The van der Waals surface area contributed by atoms with Crippen LogP contribution in [-0.2, 0) is 11.3 Å². The summed E-state index contributed by atoms with van der Waals surface area (Å²) in [6, 6.07) is 5.98. The van der Waals surface area contributed by atoms with E-state index in [4.69, 9.17) is 0 Å². The van der Waals surface area contributed by atoms with Crippen LogP contribution in [0, 0.1) is 0 Å². The number of nitrogens with one attached hydrogen (secondary N) is 1. The van der Waals surface area contributed by atoms with Crippen molar-refractivity contribution in [1.82, 2.24) is 14.9 Å². The molecule has 1 saturated heterocycles. The van der Waals surface area contributed by atoms with Crippen molar-refractivity contribution < 1.29 is 9.69 Å². The summed E-state index contributed by atoms with van der Waals surface area (Å²) in [5.41, 5.74) is 0. The van der Waals surface area contributed by atoms with Crippen molar-refractivity contribution in [2.24, 2.45) is 0 Å². The van der Waals surface area contributed by atoms with Crippen LogP contribution in [0.1, 0.15) is 4.88 Å². The summed E-state index contributed by atoms with van der Waals surface area (Å²) in [4.78, 5) is 27.6. The van der Waals surface area contributed by atoms with Gasteiger partial charge in [0.05, 0.1) is 15.7 Å². The van der Waals surface area contributed by atoms with Crippen molar-refractivity contribution in [3.8, 4) is 0 Å². The maximum absolute atomic E-state index is 12.5. The number of rotatable bonds is 5. The highest BCUT2D eigenvalue weighted by Gasteiger charge is 2.24. The Bertz CT molecular complexity index is 672. The molecule has 1 aliphatic heterocycles. The van der Waals surface area contributed by atoms with Gasteiger partial charge in [0, 0.05) is 38.6 Å². The zero-order valence-corrected chi connectivity index (χ0v) is 16.0. The van der Waals surface area contributed by atoms with Gasteiger partial charge in [-0.25, -0.2) is 9.97 Å². The van der Waals surface area contributed by atoms with Crippen LogP contribution in [0.25, 0.3) is 0 Å². The molecule has 128 valence electrons. The molecule has 1 N–H and O–H groups in total. The van der Waals surface area contributed by atoms with Gasteiger partial charge >= 0.3 is 0 Å². The summed E-state index contributed by atoms with van der Waals surface area (Å²) in [6.07, 6.45) is 3.50. The molecule has 3 heterocycles. The quantitative estimate of drug-likeness (QED) is 0.786. The lowest BCUT2D eigenvalue weighted by atomic mass is 10.3. The van der Waals surface area contributed by atoms with E-state index >= 15 is 0 Å². The van der Waals surface area contributed by atoms with E-state index in [-0.39, 0.29) is 5.91 Å². The molecule has 0 aliphatic carbocycles. The first-order chi connectivity index (χ1) is 11.6. The fraction of sp³-hybridized carbons (Fsp3) is 0.438. The summed E-state index contributed by atoms with van der Waals surface area (Å²) in [6.45, 7) is 4.43. The number of anilines is 1. The summed E-state index contributed by atoms with van der Waals surface area (Å²) >= 11 is 5.21. The Labute approximate surface area is 154 Å². The average Bonchev–Trinajstić information content (AvgIpc) is 3.00. The first kappa shape index (κ1) is 17.3. The minimum Gasteiger partial charge on any atom is -0.337 e. The number of carbonyl (C=O) groups is 1. The summed E-state index contributed by atoms with van der Waals surface area (Å²) in [5, 5.41) is 0. The molecule has 8 heteroatoms. The molecule has 1 fully saturated rings. The van der Waals surface area contributed by atoms with E-state index < -0.39 is 0 Å². The van der Waals surface area contributed by atoms with Gasteiger partial charge in [-0.05, 0) is 34.1 Å². The van der Waals surface area contributed by atoms with Gasteiger partial charge in [-0.2, -0.15) is 0 Å². The van der Waals surface area contributed by atoms with Crippen molar-refractivity contribution in [1.29, 1.82) is 0 Å². The van der Waals surface area contributed by atoms with Gasteiger partial charge in [0.2, 0.25) is 5.95 Å². The molecule has 1 unspecified atom stereocenters. The van der Waals surface area contributed by atoms with Crippen molar-refractivity contribution in [3.63, 3.8) is 0 Å². The Balaban J connectivity index is 1.46. The zero-order chi connectivity index (χ0) is 16.9. The fourth-order valence-corrected chi connectivity index (χ4v) is 4.38. The second kappa shape index (κ2) is 8.04. The molecule has 0 aromatic carbocycles. The third-order valence-electron chi connectivity index (χ3n) is 4.03. The van der Waals surface area contributed by atoms with Gasteiger partial charge in [0.1, 0.15) is 6.54 Å². The molecule has 0 spiro atoms. The van der Waals surface area contributed by atoms with E-state index in [0.29, 0.717) is 6.54 Å². The molecule has 2 aromatic rings. The highest BCUT2D eigenvalue weighted by atomic mass is 79.9. The van der Waals surface area contributed by atoms with Crippen molar-refractivity contribution in [3.05, 3.63) is 39.3 Å². The Morgan fingerprint density at radius 1 is 1.25 bits per heavy atom. The topological polar surface area (TPSA) is 53.8 Å². The van der Waals surface area contributed by atoms with Crippen molar-refractivity contribution >= 4 is 39.1 Å². The number of hydrogen-bond donors (Lipinski definition) is 1. The Hall–Kier alpha value is -1.51. The number of quaternary nitrogens is 1. The monoisotopic (exact) mass is 410 g/mol. The molecule has 6 nitrogen and oxygen atoms in total. The highest BCUT2D eigenvalue weighted by Crippen LogP contribution is 2.21. The largest absolute Gasteiger partial charge is 0.337 e. The summed E-state index contributed by atoms with van der Waals surface area (Å²) in [5.74, 6) is 0.965. The molecule has 0 bridgehead atoms. The smallest absolute Gasteiger partial charge is 0.277 e. The van der Waals surface area contributed by atoms with E-state index in [1.807, 2.05) is 11.0 Å². The number of carbonyl (C=O) groups excluding carboxylic acids is 1. The summed E-state index contributed by atoms with van der Waals surface area (Å²) in [7, 11) is 2.07. The SMILES string of the molecule is C[NH+](CC(=O)N1CCN(c2ncccn2)CC1)Cc1ccc(Br)s1. The normalized spacial score (nSPS) is 16.2. The molecule has 2 aromatic heterocycles. The third kappa shape index (κ3) is 4.52. The van der Waals surface area contributed by atoms with Crippen LogP contribution in [0.4, 0.5) is 5.95 Å². The zero-order valence-electron chi connectivity index (χ0n) is 13.6. The Morgan fingerprint density at radius 3 is 2.58 bits per heavy atom. The molecule has 1 amide bonds. The number of amides is 1. The fourth-order valence-electron chi connectivity index (χ4n) is 2.79. The number of hydrogen-bond acceptors (Lipinski definition) is 5. The Kier molecular flexibility index (Phi) is 5.80. The van der Waals surface area contributed by atoms with Gasteiger partial charge in [0.15, 0.2) is 6.54 Å². The van der Waals surface area contributed by atoms with Gasteiger partial charge in [-0.15, -0.1) is 11.3 Å². The van der Waals surface area contributed by atoms with Crippen LogP contribution in [-0.4, -0.2) is 60.5 Å². The van der Waals surface area contributed by atoms with E-state index in [2.05, 4.69) is 50.0 Å². The minimum atomic E-state index is 0.219. The number of halogens is 1. The highest BCUT2D eigenvalue weighted by molar-refractivity contribution is 9.11. The van der Waals surface area contributed by atoms with Gasteiger partial charge in [0.25, 0.3) is 5.91 Å². The first-order valence-electron chi connectivity index (χ1n) is 7.97. The van der Waals surface area contributed by atoms with Crippen LogP contribution < -0.4 is 9.80 Å². The lowest BCUT2D eigenvalue weighted by molar-refractivity contribution is -0.885. The second-order valence-electron chi connectivity index (χ2n) is 5.93. The van der Waals surface area contributed by atoms with Crippen LogP contribution in [0.15, 0.2) is 34.4 Å². The first-order valence-corrected chi connectivity index (χ1v) is 9.58. The van der Waals surface area contributed by atoms with E-state index in [1.165, 1.54) is 9.78 Å². The van der Waals surface area contributed by atoms with Crippen LogP contribution in [0.3, 0.4) is 0 Å². The van der Waals surface area contributed by atoms with Crippen LogP contribution >= 0.6 is 27.3 Å². The van der Waals surface area contributed by atoms with Crippen molar-refractivity contribution in [2.75, 3.05) is 44.7 Å². The second-order valence-corrected chi connectivity index (χ2v) is 8.48. The summed E-state index contributed by atoms with van der Waals surface area (Å²) < 4.78 is 1.14. The molecular weight excluding hydrogens is 390 g/mol. The average molecular weight is 411 g/mol. The van der Waals surface area contributed by atoms with Gasteiger partial charge in [-0.1, -0.05) is 0 Å². The van der Waals surface area contributed by atoms with E-state index in [0.717, 1.165) is 42.5 Å². The maximum Gasteiger partial charge on any atom is 0.277 e. The molecule has 1 aliphatic rings. The maximum atomic E-state index is 12.5. The molecule has 1 atom stereocenters. The molecule has 3 rings (SSSR count). The lowest BCUT2D eigenvalue weighted by Crippen LogP contribution is -3.08. The number of likely N-dealkylation sites (N-methyl/N-ethyl adjacent to an activating group) is 1. The lowest BCUT2D eigenvalue weighted by Gasteiger charge is -2.34. The van der Waals surface area contributed by atoms with E-state index in [1.54, 1.807) is 23.7 Å². The standard InChI is InChI=1S/C16H20BrN5OS/c1-20(11-13-3-4-14(17)24-13)12-15(23)21-7-9-22(10-8-21)16-18-5-2-6-19-16/h2-6H,7-12H2,1H3/p+1. The van der Waals surface area contributed by atoms with E-state index in [9.17, 15) is 4.79 Å². The van der Waals surface area contributed by atoms with Crippen LogP contribution in [0.5, 0.6) is 0 Å². The van der Waals surface area contributed by atoms with Crippen LogP contribution in [0.2, 0.25) is 0 Å². The number of aromatic nitrogens is 2. The third-order valence-corrected chi connectivity index (χ3v) is 5.65. The predicted octanol–water partition coefficient (Wildman–Crippen LogP) is 0.664. The number of piperazine rings is 1.